The highest BCUT2D eigenvalue weighted by Gasteiger charge is 2.16. The van der Waals surface area contributed by atoms with Crippen molar-refractivity contribution in [2.75, 3.05) is 11.9 Å². The van der Waals surface area contributed by atoms with Crippen LogP contribution in [0.2, 0.25) is 0 Å². The third-order valence-corrected chi connectivity index (χ3v) is 3.49. The Morgan fingerprint density at radius 1 is 1.26 bits per heavy atom. The minimum atomic E-state index is -0.468. The van der Waals surface area contributed by atoms with E-state index >= 15 is 0 Å². The Balaban J connectivity index is 1.81. The average molecular weight is 311 g/mol. The number of hydrogen-bond donors (Lipinski definition) is 1. The zero-order valence-electron chi connectivity index (χ0n) is 12.3. The fourth-order valence-corrected chi connectivity index (χ4v) is 2.35. The van der Waals surface area contributed by atoms with Gasteiger partial charge in [-0.25, -0.2) is 4.39 Å². The van der Waals surface area contributed by atoms with Crippen LogP contribution in [0.25, 0.3) is 0 Å². The van der Waals surface area contributed by atoms with Gasteiger partial charge in [-0.2, -0.15) is 0 Å². The molecule has 0 saturated heterocycles. The molecule has 2 aromatic rings. The maximum atomic E-state index is 13.3. The summed E-state index contributed by atoms with van der Waals surface area (Å²) in [6.45, 7) is 1.06. The zero-order valence-corrected chi connectivity index (χ0v) is 12.3. The molecule has 0 bridgehead atoms. The molecule has 3 rings (SSSR count). The van der Waals surface area contributed by atoms with Crippen molar-refractivity contribution in [1.29, 1.82) is 0 Å². The van der Waals surface area contributed by atoms with Crippen LogP contribution in [-0.2, 0) is 18.0 Å². The second-order valence-electron chi connectivity index (χ2n) is 5.06. The van der Waals surface area contributed by atoms with Crippen LogP contribution in [-0.4, -0.2) is 12.5 Å². The normalized spacial score (nSPS) is 12.3. The third kappa shape index (κ3) is 3.33. The number of carbonyl (C=O) groups excluding carboxylic acids is 1. The molecule has 23 heavy (non-hydrogen) atoms. The van der Waals surface area contributed by atoms with E-state index in [-0.39, 0.29) is 18.3 Å². The van der Waals surface area contributed by atoms with E-state index in [4.69, 9.17) is 15.9 Å². The van der Waals surface area contributed by atoms with E-state index in [2.05, 4.69) is 11.2 Å². The van der Waals surface area contributed by atoms with E-state index in [0.717, 1.165) is 11.1 Å². The van der Waals surface area contributed by atoms with E-state index in [0.29, 0.717) is 24.5 Å². The molecule has 1 aliphatic rings. The minimum Gasteiger partial charge on any atom is -0.479 e. The Hall–Kier alpha value is -2.84. The summed E-state index contributed by atoms with van der Waals surface area (Å²) in [4.78, 5) is 12.4. The standard InChI is InChI=1S/C18H14FNO3/c1-2-7-23-17-9-15(19)5-6-16(17)20-18(21)12-3-4-13-10-22-11-14(13)8-12/h1,3-6,8-9H,7,10-11H2,(H,20,21). The van der Waals surface area contributed by atoms with Crippen molar-refractivity contribution in [3.05, 3.63) is 58.9 Å². The Bertz CT molecular complexity index is 795. The van der Waals surface area contributed by atoms with E-state index in [1.54, 1.807) is 12.1 Å². The summed E-state index contributed by atoms with van der Waals surface area (Å²) in [6, 6.07) is 9.27. The van der Waals surface area contributed by atoms with Gasteiger partial charge in [0.15, 0.2) is 0 Å². The fourth-order valence-electron chi connectivity index (χ4n) is 2.35. The highest BCUT2D eigenvalue weighted by Crippen LogP contribution is 2.27. The highest BCUT2D eigenvalue weighted by molar-refractivity contribution is 6.05. The van der Waals surface area contributed by atoms with Gasteiger partial charge in [-0.3, -0.25) is 4.79 Å². The quantitative estimate of drug-likeness (QED) is 0.883. The molecule has 0 aromatic heterocycles. The van der Waals surface area contributed by atoms with E-state index < -0.39 is 5.82 Å². The number of anilines is 1. The van der Waals surface area contributed by atoms with Gasteiger partial charge >= 0.3 is 0 Å². The molecule has 0 atom stereocenters. The molecule has 5 heteroatoms. The number of halogens is 1. The Labute approximate surface area is 133 Å². The van der Waals surface area contributed by atoms with Crippen LogP contribution in [0.1, 0.15) is 21.5 Å². The number of nitrogens with one attached hydrogen (secondary N) is 1. The summed E-state index contributed by atoms with van der Waals surface area (Å²) in [5.41, 5.74) is 2.95. The molecular weight excluding hydrogens is 297 g/mol. The molecule has 0 aliphatic carbocycles. The van der Waals surface area contributed by atoms with Gasteiger partial charge in [0.25, 0.3) is 5.91 Å². The number of amides is 1. The first-order valence-electron chi connectivity index (χ1n) is 7.04. The molecule has 0 unspecified atom stereocenters. The van der Waals surface area contributed by atoms with Crippen molar-refractivity contribution in [3.8, 4) is 18.1 Å². The maximum absolute atomic E-state index is 13.3. The first kappa shape index (κ1) is 15.1. The highest BCUT2D eigenvalue weighted by atomic mass is 19.1. The van der Waals surface area contributed by atoms with Crippen LogP contribution in [0.5, 0.6) is 5.75 Å². The number of fused-ring (bicyclic) bond motifs is 1. The van der Waals surface area contributed by atoms with Crippen LogP contribution >= 0.6 is 0 Å². The molecule has 0 radical (unpaired) electrons. The predicted octanol–water partition coefficient (Wildman–Crippen LogP) is 3.12. The van der Waals surface area contributed by atoms with Crippen molar-refractivity contribution in [2.45, 2.75) is 13.2 Å². The largest absolute Gasteiger partial charge is 0.479 e. The lowest BCUT2D eigenvalue weighted by Gasteiger charge is -2.11. The average Bonchev–Trinajstić information content (AvgIpc) is 3.02. The molecule has 0 spiro atoms. The number of hydrogen-bond acceptors (Lipinski definition) is 3. The molecule has 1 amide bonds. The van der Waals surface area contributed by atoms with E-state index in [9.17, 15) is 9.18 Å². The van der Waals surface area contributed by atoms with E-state index in [1.807, 2.05) is 6.07 Å². The van der Waals surface area contributed by atoms with Crippen LogP contribution in [0.15, 0.2) is 36.4 Å². The molecule has 1 heterocycles. The monoisotopic (exact) mass is 311 g/mol. The molecule has 2 aromatic carbocycles. The lowest BCUT2D eigenvalue weighted by Crippen LogP contribution is -2.13. The van der Waals surface area contributed by atoms with Crippen LogP contribution in [0.3, 0.4) is 0 Å². The van der Waals surface area contributed by atoms with Gasteiger partial charge in [0.1, 0.15) is 18.2 Å². The number of terminal acetylenes is 1. The molecule has 116 valence electrons. The second-order valence-corrected chi connectivity index (χ2v) is 5.06. The summed E-state index contributed by atoms with van der Waals surface area (Å²) in [6.07, 6.45) is 5.14. The van der Waals surface area contributed by atoms with Gasteiger partial charge in [-0.1, -0.05) is 12.0 Å². The fraction of sp³-hybridized carbons (Fsp3) is 0.167. The van der Waals surface area contributed by atoms with Crippen molar-refractivity contribution < 1.29 is 18.7 Å². The Morgan fingerprint density at radius 3 is 2.91 bits per heavy atom. The third-order valence-electron chi connectivity index (χ3n) is 3.49. The summed E-state index contributed by atoms with van der Waals surface area (Å²) < 4.78 is 23.9. The van der Waals surface area contributed by atoms with Gasteiger partial charge in [0.05, 0.1) is 18.9 Å². The smallest absolute Gasteiger partial charge is 0.255 e. The Morgan fingerprint density at radius 2 is 2.09 bits per heavy atom. The minimum absolute atomic E-state index is 0.0114. The van der Waals surface area contributed by atoms with Crippen LogP contribution in [0, 0.1) is 18.2 Å². The van der Waals surface area contributed by atoms with Crippen LogP contribution < -0.4 is 10.1 Å². The van der Waals surface area contributed by atoms with Gasteiger partial charge in [-0.15, -0.1) is 6.42 Å². The number of benzene rings is 2. The van der Waals surface area contributed by atoms with Gasteiger partial charge in [-0.05, 0) is 35.4 Å². The SMILES string of the molecule is C#CCOc1cc(F)ccc1NC(=O)c1ccc2c(c1)COC2. The first-order valence-corrected chi connectivity index (χ1v) is 7.04. The van der Waals surface area contributed by atoms with Gasteiger partial charge < -0.3 is 14.8 Å². The topological polar surface area (TPSA) is 47.6 Å². The van der Waals surface area contributed by atoms with Crippen molar-refractivity contribution in [3.63, 3.8) is 0 Å². The second kappa shape index (κ2) is 6.51. The summed E-state index contributed by atoms with van der Waals surface area (Å²) in [5.74, 6) is 1.72. The van der Waals surface area contributed by atoms with Gasteiger partial charge in [0, 0.05) is 11.6 Å². The number of rotatable bonds is 4. The van der Waals surface area contributed by atoms with Crippen molar-refractivity contribution in [2.24, 2.45) is 0 Å². The molecule has 0 fully saturated rings. The first-order chi connectivity index (χ1) is 11.2. The summed E-state index contributed by atoms with van der Waals surface area (Å²) in [7, 11) is 0. The predicted molar refractivity (Wildman–Crippen MR) is 83.6 cm³/mol. The molecule has 4 nitrogen and oxygen atoms in total. The lowest BCUT2D eigenvalue weighted by atomic mass is 10.1. The maximum Gasteiger partial charge on any atom is 0.255 e. The van der Waals surface area contributed by atoms with Gasteiger partial charge in [0.2, 0.25) is 0 Å². The molecule has 0 saturated carbocycles. The van der Waals surface area contributed by atoms with Crippen LogP contribution in [0.4, 0.5) is 10.1 Å². The molecular formula is C18H14FNO3. The molecule has 1 N–H and O–H groups in total. The van der Waals surface area contributed by atoms with E-state index in [1.165, 1.54) is 18.2 Å². The number of ether oxygens (including phenoxy) is 2. The lowest BCUT2D eigenvalue weighted by molar-refractivity contribution is 0.102. The summed E-state index contributed by atoms with van der Waals surface area (Å²) in [5, 5.41) is 2.71. The summed E-state index contributed by atoms with van der Waals surface area (Å²) >= 11 is 0. The molecule has 1 aliphatic heterocycles. The van der Waals surface area contributed by atoms with Crippen molar-refractivity contribution in [1.82, 2.24) is 0 Å². The zero-order chi connectivity index (χ0) is 16.2. The number of carbonyl (C=O) groups is 1. The van der Waals surface area contributed by atoms with Crippen molar-refractivity contribution >= 4 is 11.6 Å². The Kier molecular flexibility index (Phi) is 4.26.